The van der Waals surface area contributed by atoms with Crippen LogP contribution in [0.4, 0.5) is 5.69 Å². The molecule has 0 unspecified atom stereocenters. The molecule has 3 rings (SSSR count). The number of nitrogens with two attached hydrogens (primary N) is 1. The lowest BCUT2D eigenvalue weighted by molar-refractivity contribution is 0.301. The van der Waals surface area contributed by atoms with Gasteiger partial charge in [0.2, 0.25) is 0 Å². The third kappa shape index (κ3) is 5.61. The van der Waals surface area contributed by atoms with Crippen LogP contribution in [0.1, 0.15) is 38.3 Å². The second kappa shape index (κ2) is 9.81. The lowest BCUT2D eigenvalue weighted by atomic mass is 10.1. The van der Waals surface area contributed by atoms with E-state index in [0.717, 1.165) is 46.8 Å². The molecule has 0 bridgehead atoms. The fraction of sp³-hybridized carbons (Fsp3) is 0.348. The Kier molecular flexibility index (Phi) is 6.91. The summed E-state index contributed by atoms with van der Waals surface area (Å²) in [6.07, 6.45) is 5.56. The second-order valence-electron chi connectivity index (χ2n) is 6.70. The highest BCUT2D eigenvalue weighted by Crippen LogP contribution is 2.21. The van der Waals surface area contributed by atoms with Gasteiger partial charge in [0.15, 0.2) is 0 Å². The normalized spacial score (nSPS) is 10.9. The molecule has 0 aliphatic rings. The monoisotopic (exact) mass is 364 g/mol. The molecule has 0 aliphatic heterocycles. The van der Waals surface area contributed by atoms with Crippen molar-refractivity contribution >= 4 is 16.6 Å². The predicted molar refractivity (Wildman–Crippen MR) is 111 cm³/mol. The van der Waals surface area contributed by atoms with Crippen molar-refractivity contribution in [1.29, 1.82) is 0 Å². The highest BCUT2D eigenvalue weighted by molar-refractivity contribution is 5.90. The van der Waals surface area contributed by atoms with Gasteiger partial charge in [-0.25, -0.2) is 0 Å². The van der Waals surface area contributed by atoms with Crippen LogP contribution in [-0.4, -0.2) is 18.2 Å². The quantitative estimate of drug-likeness (QED) is 0.490. The van der Waals surface area contributed by atoms with Crippen LogP contribution in [0.5, 0.6) is 11.5 Å². The molecule has 1 aromatic heterocycles. The Morgan fingerprint density at radius 3 is 2.30 bits per heavy atom. The van der Waals surface area contributed by atoms with Crippen LogP contribution in [0.25, 0.3) is 10.9 Å². The number of hydrogen-bond donors (Lipinski definition) is 1. The Hall–Kier alpha value is -2.75. The van der Waals surface area contributed by atoms with Crippen molar-refractivity contribution in [3.05, 3.63) is 60.3 Å². The summed E-state index contributed by atoms with van der Waals surface area (Å²) in [7, 11) is 0. The molecule has 2 N–H and O–H groups in total. The number of anilines is 1. The van der Waals surface area contributed by atoms with E-state index in [-0.39, 0.29) is 0 Å². The van der Waals surface area contributed by atoms with Gasteiger partial charge >= 0.3 is 0 Å². The summed E-state index contributed by atoms with van der Waals surface area (Å²) >= 11 is 0. The number of nitrogens with zero attached hydrogens (tertiary/aromatic N) is 1. The van der Waals surface area contributed by atoms with E-state index in [9.17, 15) is 0 Å². The highest BCUT2D eigenvalue weighted by atomic mass is 16.5. The number of unbranched alkanes of at least 4 members (excludes halogenated alkanes) is 3. The SMILES string of the molecule is CCCCCCOc1ccc(OCCc2cc(N)c3ccccc3n2)cc1. The summed E-state index contributed by atoms with van der Waals surface area (Å²) in [5, 5.41) is 0.993. The van der Waals surface area contributed by atoms with Gasteiger partial charge in [-0.3, -0.25) is 4.98 Å². The number of hydrogen-bond acceptors (Lipinski definition) is 4. The molecule has 3 aromatic rings. The van der Waals surface area contributed by atoms with E-state index >= 15 is 0 Å². The van der Waals surface area contributed by atoms with Crippen molar-refractivity contribution < 1.29 is 9.47 Å². The van der Waals surface area contributed by atoms with Gasteiger partial charge in [-0.05, 0) is 42.8 Å². The maximum Gasteiger partial charge on any atom is 0.119 e. The first-order valence-corrected chi connectivity index (χ1v) is 9.76. The molecule has 0 saturated heterocycles. The molecule has 1 heterocycles. The third-order valence-electron chi connectivity index (χ3n) is 4.52. The van der Waals surface area contributed by atoms with Crippen LogP contribution >= 0.6 is 0 Å². The minimum atomic E-state index is 0.558. The van der Waals surface area contributed by atoms with Crippen LogP contribution < -0.4 is 15.2 Å². The second-order valence-corrected chi connectivity index (χ2v) is 6.70. The molecule has 4 heteroatoms. The van der Waals surface area contributed by atoms with Gasteiger partial charge < -0.3 is 15.2 Å². The molecule has 0 aliphatic carbocycles. The summed E-state index contributed by atoms with van der Waals surface area (Å²) in [6, 6.07) is 17.7. The number of benzene rings is 2. The van der Waals surface area contributed by atoms with Crippen LogP contribution in [0.3, 0.4) is 0 Å². The molecule has 0 radical (unpaired) electrons. The van der Waals surface area contributed by atoms with Crippen molar-refractivity contribution in [1.82, 2.24) is 4.98 Å². The summed E-state index contributed by atoms with van der Waals surface area (Å²) in [4.78, 5) is 4.66. The van der Waals surface area contributed by atoms with Crippen molar-refractivity contribution in [3.8, 4) is 11.5 Å². The molecule has 0 amide bonds. The zero-order chi connectivity index (χ0) is 18.9. The van der Waals surface area contributed by atoms with E-state index < -0.39 is 0 Å². The summed E-state index contributed by atoms with van der Waals surface area (Å²) in [5.74, 6) is 1.73. The Labute approximate surface area is 161 Å². The summed E-state index contributed by atoms with van der Waals surface area (Å²) < 4.78 is 11.6. The van der Waals surface area contributed by atoms with E-state index in [1.165, 1.54) is 19.3 Å². The molecule has 0 fully saturated rings. The van der Waals surface area contributed by atoms with E-state index in [1.807, 2.05) is 54.6 Å². The lowest BCUT2D eigenvalue weighted by Crippen LogP contribution is -2.04. The van der Waals surface area contributed by atoms with Crippen molar-refractivity contribution in [2.24, 2.45) is 0 Å². The fourth-order valence-electron chi connectivity index (χ4n) is 3.01. The number of rotatable bonds is 10. The molecular weight excluding hydrogens is 336 g/mol. The topological polar surface area (TPSA) is 57.4 Å². The molecule has 2 aromatic carbocycles. The fourth-order valence-corrected chi connectivity index (χ4v) is 3.01. The third-order valence-corrected chi connectivity index (χ3v) is 4.52. The Morgan fingerprint density at radius 1 is 0.852 bits per heavy atom. The first-order chi connectivity index (χ1) is 13.3. The molecule has 0 atom stereocenters. The maximum absolute atomic E-state index is 6.13. The van der Waals surface area contributed by atoms with Gasteiger partial charge in [0.25, 0.3) is 0 Å². The summed E-state index contributed by atoms with van der Waals surface area (Å²) in [5.41, 5.74) is 8.76. The van der Waals surface area contributed by atoms with Crippen LogP contribution in [0.15, 0.2) is 54.6 Å². The Balaban J connectivity index is 1.46. The highest BCUT2D eigenvalue weighted by Gasteiger charge is 2.04. The van der Waals surface area contributed by atoms with Crippen molar-refractivity contribution in [2.75, 3.05) is 18.9 Å². The van der Waals surface area contributed by atoms with Crippen LogP contribution in [0.2, 0.25) is 0 Å². The number of para-hydroxylation sites is 1. The first-order valence-electron chi connectivity index (χ1n) is 9.76. The van der Waals surface area contributed by atoms with E-state index in [1.54, 1.807) is 0 Å². The average molecular weight is 364 g/mol. The standard InChI is InChI=1S/C23H28N2O2/c1-2-3-4-7-15-26-19-10-12-20(13-11-19)27-16-14-18-17-22(24)21-8-5-6-9-23(21)25-18/h5-6,8-13,17H,2-4,7,14-16H2,1H3,(H2,24,25). The number of pyridine rings is 1. The van der Waals surface area contributed by atoms with Crippen molar-refractivity contribution in [3.63, 3.8) is 0 Å². The van der Waals surface area contributed by atoms with Crippen molar-refractivity contribution in [2.45, 2.75) is 39.0 Å². The van der Waals surface area contributed by atoms with Gasteiger partial charge in [0, 0.05) is 23.2 Å². The number of ether oxygens (including phenoxy) is 2. The van der Waals surface area contributed by atoms with Gasteiger partial charge in [0.05, 0.1) is 18.7 Å². The van der Waals surface area contributed by atoms with E-state index in [4.69, 9.17) is 15.2 Å². The molecule has 27 heavy (non-hydrogen) atoms. The largest absolute Gasteiger partial charge is 0.494 e. The van der Waals surface area contributed by atoms with Crippen LogP contribution in [0, 0.1) is 0 Å². The molecule has 0 spiro atoms. The Bertz CT molecular complexity index is 847. The van der Waals surface area contributed by atoms with Gasteiger partial charge in [0.1, 0.15) is 11.5 Å². The Morgan fingerprint density at radius 2 is 1.56 bits per heavy atom. The number of nitrogen functional groups attached to an aromatic ring is 1. The van der Waals surface area contributed by atoms with Gasteiger partial charge in [-0.1, -0.05) is 44.4 Å². The summed E-state index contributed by atoms with van der Waals surface area (Å²) in [6.45, 7) is 3.54. The van der Waals surface area contributed by atoms with Gasteiger partial charge in [-0.2, -0.15) is 0 Å². The lowest BCUT2D eigenvalue weighted by Gasteiger charge is -2.09. The maximum atomic E-state index is 6.13. The molecular formula is C23H28N2O2. The first kappa shape index (κ1) is 19.0. The van der Waals surface area contributed by atoms with Gasteiger partial charge in [-0.15, -0.1) is 0 Å². The zero-order valence-electron chi connectivity index (χ0n) is 16.0. The zero-order valence-corrected chi connectivity index (χ0v) is 16.0. The molecule has 142 valence electrons. The minimum Gasteiger partial charge on any atom is -0.494 e. The molecule has 4 nitrogen and oxygen atoms in total. The smallest absolute Gasteiger partial charge is 0.119 e. The van der Waals surface area contributed by atoms with Crippen LogP contribution in [-0.2, 0) is 6.42 Å². The average Bonchev–Trinajstić information content (AvgIpc) is 2.69. The minimum absolute atomic E-state index is 0.558. The number of aromatic nitrogens is 1. The number of fused-ring (bicyclic) bond motifs is 1. The predicted octanol–water partition coefficient (Wildman–Crippen LogP) is 5.40. The van der Waals surface area contributed by atoms with E-state index in [2.05, 4.69) is 11.9 Å². The molecule has 0 saturated carbocycles. The van der Waals surface area contributed by atoms with E-state index in [0.29, 0.717) is 13.0 Å².